The molecule has 0 bridgehead atoms. The summed E-state index contributed by atoms with van der Waals surface area (Å²) in [4.78, 5) is 12.2. The number of piperazine rings is 1. The summed E-state index contributed by atoms with van der Waals surface area (Å²) in [6.07, 6.45) is 6.28. The van der Waals surface area contributed by atoms with Crippen LogP contribution in [0.2, 0.25) is 0 Å². The molecule has 3 aromatic rings. The van der Waals surface area contributed by atoms with Gasteiger partial charge in [0.2, 0.25) is 0 Å². The second-order valence-corrected chi connectivity index (χ2v) is 10.1. The van der Waals surface area contributed by atoms with Crippen molar-refractivity contribution >= 4 is 10.9 Å². The largest absolute Gasteiger partial charge is 0.508 e. The van der Waals surface area contributed by atoms with Gasteiger partial charge in [-0.2, -0.15) is 0 Å². The average Bonchev–Trinajstić information content (AvgIpc) is 2.89. The molecular formula is C29H38N4O2. The van der Waals surface area contributed by atoms with Crippen molar-refractivity contribution in [3.8, 4) is 11.5 Å². The summed E-state index contributed by atoms with van der Waals surface area (Å²) in [7, 11) is 0. The third kappa shape index (κ3) is 5.61. The Morgan fingerprint density at radius 2 is 1.80 bits per heavy atom. The first-order chi connectivity index (χ1) is 17.1. The first-order valence-electron chi connectivity index (χ1n) is 13.2. The van der Waals surface area contributed by atoms with Crippen LogP contribution in [0.1, 0.15) is 36.5 Å². The first-order valence-corrected chi connectivity index (χ1v) is 13.2. The van der Waals surface area contributed by atoms with E-state index in [1.807, 2.05) is 24.3 Å². The predicted molar refractivity (Wildman–Crippen MR) is 141 cm³/mol. The third-order valence-electron chi connectivity index (χ3n) is 7.82. The number of hydrogen-bond acceptors (Lipinski definition) is 6. The number of aryl methyl sites for hydroxylation is 1. The van der Waals surface area contributed by atoms with Crippen LogP contribution in [-0.4, -0.2) is 81.8 Å². The van der Waals surface area contributed by atoms with Crippen LogP contribution in [-0.2, 0) is 19.4 Å². The van der Waals surface area contributed by atoms with Crippen LogP contribution < -0.4 is 0 Å². The number of benzene rings is 2. The monoisotopic (exact) mass is 474 g/mol. The molecule has 6 nitrogen and oxygen atoms in total. The number of rotatable bonds is 8. The lowest BCUT2D eigenvalue weighted by molar-refractivity contribution is 0.100. The fourth-order valence-corrected chi connectivity index (χ4v) is 5.84. The predicted octanol–water partition coefficient (Wildman–Crippen LogP) is 4.03. The smallest absolute Gasteiger partial charge is 0.141 e. The molecule has 0 radical (unpaired) electrons. The molecule has 2 heterocycles. The van der Waals surface area contributed by atoms with E-state index in [-0.39, 0.29) is 5.75 Å². The Balaban J connectivity index is 1.14. The zero-order valence-corrected chi connectivity index (χ0v) is 20.9. The highest BCUT2D eigenvalue weighted by atomic mass is 16.3. The fraction of sp³-hybridized carbons (Fsp3) is 0.483. The number of pyridine rings is 1. The van der Waals surface area contributed by atoms with Gasteiger partial charge in [0.25, 0.3) is 0 Å². The van der Waals surface area contributed by atoms with E-state index in [0.717, 1.165) is 70.6 Å². The first kappa shape index (κ1) is 24.0. The summed E-state index contributed by atoms with van der Waals surface area (Å²) in [5.41, 5.74) is 4.66. The second kappa shape index (κ2) is 10.9. The molecule has 6 heteroatoms. The molecule has 35 heavy (non-hydrogen) atoms. The maximum absolute atomic E-state index is 10.1. The Morgan fingerprint density at radius 3 is 2.63 bits per heavy atom. The van der Waals surface area contributed by atoms with Gasteiger partial charge < -0.3 is 10.2 Å². The van der Waals surface area contributed by atoms with E-state index in [1.54, 1.807) is 12.3 Å². The van der Waals surface area contributed by atoms with Crippen LogP contribution in [0.5, 0.6) is 11.5 Å². The molecule has 186 valence electrons. The fourth-order valence-electron chi connectivity index (χ4n) is 5.84. The lowest BCUT2D eigenvalue weighted by atomic mass is 9.87. The van der Waals surface area contributed by atoms with Crippen molar-refractivity contribution in [2.24, 2.45) is 0 Å². The molecule has 1 fully saturated rings. The number of aromatic hydroxyl groups is 2. The standard InChI is InChI=1S/C29H38N4O2/c1-2-12-33(25-8-5-22-6-9-26(34)20-24(22)19-25)18-17-31-13-15-32(16-14-31)21-23-7-10-28(35)29-27(23)4-3-11-30-29/h3-4,6-7,9-11,20,25,34-35H,2,5,8,12-19,21H2,1H3. The summed E-state index contributed by atoms with van der Waals surface area (Å²) >= 11 is 0. The van der Waals surface area contributed by atoms with E-state index in [2.05, 4.69) is 38.7 Å². The van der Waals surface area contributed by atoms with Crippen molar-refractivity contribution in [3.63, 3.8) is 0 Å². The van der Waals surface area contributed by atoms with Crippen molar-refractivity contribution in [3.05, 3.63) is 65.4 Å². The topological polar surface area (TPSA) is 63.1 Å². The van der Waals surface area contributed by atoms with Crippen LogP contribution in [0.15, 0.2) is 48.7 Å². The zero-order chi connectivity index (χ0) is 24.2. The van der Waals surface area contributed by atoms with Crippen molar-refractivity contribution < 1.29 is 10.2 Å². The molecule has 2 aliphatic rings. The molecule has 0 spiro atoms. The minimum Gasteiger partial charge on any atom is -0.508 e. The highest BCUT2D eigenvalue weighted by Gasteiger charge is 2.25. The lowest BCUT2D eigenvalue weighted by Gasteiger charge is -2.39. The minimum atomic E-state index is 0.254. The van der Waals surface area contributed by atoms with E-state index in [1.165, 1.54) is 29.5 Å². The van der Waals surface area contributed by atoms with E-state index < -0.39 is 0 Å². The quantitative estimate of drug-likeness (QED) is 0.514. The van der Waals surface area contributed by atoms with Gasteiger partial charge in [0, 0.05) is 63.4 Å². The molecule has 1 saturated heterocycles. The molecule has 1 aromatic heterocycles. The van der Waals surface area contributed by atoms with E-state index >= 15 is 0 Å². The van der Waals surface area contributed by atoms with Crippen LogP contribution in [0, 0.1) is 0 Å². The number of phenols is 2. The second-order valence-electron chi connectivity index (χ2n) is 10.1. The molecule has 5 rings (SSSR count). The molecule has 1 unspecified atom stereocenters. The van der Waals surface area contributed by atoms with Gasteiger partial charge in [-0.15, -0.1) is 0 Å². The van der Waals surface area contributed by atoms with E-state index in [4.69, 9.17) is 0 Å². The zero-order valence-electron chi connectivity index (χ0n) is 20.9. The molecule has 1 atom stereocenters. The Hall–Kier alpha value is -2.67. The molecule has 2 aromatic carbocycles. The van der Waals surface area contributed by atoms with E-state index in [0.29, 0.717) is 17.3 Å². The lowest BCUT2D eigenvalue weighted by Crippen LogP contribution is -2.49. The molecule has 2 N–H and O–H groups in total. The highest BCUT2D eigenvalue weighted by Crippen LogP contribution is 2.28. The molecule has 1 aliphatic carbocycles. The summed E-state index contributed by atoms with van der Waals surface area (Å²) in [6.45, 7) is 10.8. The molecule has 0 amide bonds. The molecular weight excluding hydrogens is 436 g/mol. The Bertz CT molecular complexity index is 1140. The number of aromatic nitrogens is 1. The molecule has 0 saturated carbocycles. The summed E-state index contributed by atoms with van der Waals surface area (Å²) in [5.74, 6) is 0.643. The van der Waals surface area contributed by atoms with Gasteiger partial charge >= 0.3 is 0 Å². The van der Waals surface area contributed by atoms with Crippen LogP contribution in [0.4, 0.5) is 0 Å². The van der Waals surface area contributed by atoms with Gasteiger partial charge in [-0.3, -0.25) is 19.7 Å². The van der Waals surface area contributed by atoms with Crippen molar-refractivity contribution in [2.75, 3.05) is 45.8 Å². The van der Waals surface area contributed by atoms with Gasteiger partial charge in [-0.1, -0.05) is 25.1 Å². The van der Waals surface area contributed by atoms with Gasteiger partial charge in [0.05, 0.1) is 0 Å². The summed E-state index contributed by atoms with van der Waals surface area (Å²) in [5, 5.41) is 21.1. The summed E-state index contributed by atoms with van der Waals surface area (Å²) in [6, 6.07) is 14.3. The van der Waals surface area contributed by atoms with Gasteiger partial charge in [-0.05, 0) is 73.2 Å². The maximum atomic E-state index is 10.1. The van der Waals surface area contributed by atoms with Crippen LogP contribution in [0.3, 0.4) is 0 Å². The minimum absolute atomic E-state index is 0.254. The molecule has 1 aliphatic heterocycles. The third-order valence-corrected chi connectivity index (χ3v) is 7.82. The number of hydrogen-bond donors (Lipinski definition) is 2. The van der Waals surface area contributed by atoms with Gasteiger partial charge in [0.15, 0.2) is 0 Å². The highest BCUT2D eigenvalue weighted by molar-refractivity contribution is 5.87. The van der Waals surface area contributed by atoms with E-state index in [9.17, 15) is 10.2 Å². The Labute approximate surface area is 208 Å². The normalized spacial score (nSPS) is 19.3. The van der Waals surface area contributed by atoms with Gasteiger partial charge in [-0.25, -0.2) is 0 Å². The van der Waals surface area contributed by atoms with Crippen molar-refractivity contribution in [1.82, 2.24) is 19.7 Å². The maximum Gasteiger partial charge on any atom is 0.141 e. The van der Waals surface area contributed by atoms with Crippen molar-refractivity contribution in [2.45, 2.75) is 45.2 Å². The Kier molecular flexibility index (Phi) is 7.51. The van der Waals surface area contributed by atoms with Crippen molar-refractivity contribution in [1.29, 1.82) is 0 Å². The SMILES string of the molecule is CCCN(CCN1CCN(Cc2ccc(O)c3ncccc23)CC1)C1CCc2ccc(O)cc2C1. The number of fused-ring (bicyclic) bond motifs is 2. The number of nitrogens with zero attached hydrogens (tertiary/aromatic N) is 4. The number of phenolic OH excluding ortho intramolecular Hbond substituents is 2. The van der Waals surface area contributed by atoms with Gasteiger partial charge in [0.1, 0.15) is 17.0 Å². The summed E-state index contributed by atoms with van der Waals surface area (Å²) < 4.78 is 0. The van der Waals surface area contributed by atoms with Crippen LogP contribution >= 0.6 is 0 Å². The Morgan fingerprint density at radius 1 is 0.971 bits per heavy atom. The van der Waals surface area contributed by atoms with Crippen LogP contribution in [0.25, 0.3) is 10.9 Å². The average molecular weight is 475 g/mol.